The van der Waals surface area contributed by atoms with E-state index in [0.29, 0.717) is 0 Å². The molecule has 3 fully saturated rings. The Morgan fingerprint density at radius 2 is 1.73 bits per heavy atom. The molecule has 0 radical (unpaired) electrons. The summed E-state index contributed by atoms with van der Waals surface area (Å²) in [5, 5.41) is 9.72. The number of rotatable bonds is 0. The molecule has 2 bridgehead atoms. The maximum Gasteiger partial charge on any atom is 0.0573 e. The van der Waals surface area contributed by atoms with Gasteiger partial charge in [-0.3, -0.25) is 0 Å². The molecule has 0 heterocycles. The molecule has 0 aliphatic heterocycles. The highest BCUT2D eigenvalue weighted by Gasteiger charge is 2.52. The highest BCUT2D eigenvalue weighted by atomic mass is 16.3. The van der Waals surface area contributed by atoms with E-state index >= 15 is 0 Å². The summed E-state index contributed by atoms with van der Waals surface area (Å²) in [6.07, 6.45) is 6.85. The highest BCUT2D eigenvalue weighted by molar-refractivity contribution is 5.02. The first-order valence-corrected chi connectivity index (χ1v) is 5.04. The molecule has 0 aromatic rings. The molecule has 0 aromatic carbocycles. The van der Waals surface area contributed by atoms with Crippen LogP contribution in [-0.4, -0.2) is 11.2 Å². The second-order valence-electron chi connectivity index (χ2n) is 4.72. The van der Waals surface area contributed by atoms with Crippen molar-refractivity contribution in [1.82, 2.24) is 0 Å². The van der Waals surface area contributed by atoms with Crippen molar-refractivity contribution in [2.45, 2.75) is 38.2 Å². The standard InChI is InChI=1S/C10H16O/c11-9-4-3-8-6-1-2-7(5-6)10(8)9/h6-11H,1-5H2/t6-,7+,8?,9+,10?/m0/s1. The molecule has 2 unspecified atom stereocenters. The van der Waals surface area contributed by atoms with Gasteiger partial charge < -0.3 is 5.11 Å². The molecule has 1 nitrogen and oxygen atoms in total. The van der Waals surface area contributed by atoms with Crippen molar-refractivity contribution >= 4 is 0 Å². The van der Waals surface area contributed by atoms with E-state index in [2.05, 4.69) is 0 Å². The normalized spacial score (nSPS) is 60.3. The van der Waals surface area contributed by atoms with E-state index in [1.54, 1.807) is 0 Å². The zero-order valence-corrected chi connectivity index (χ0v) is 6.87. The minimum absolute atomic E-state index is 0.0790. The predicted octanol–water partition coefficient (Wildman–Crippen LogP) is 1.80. The summed E-state index contributed by atoms with van der Waals surface area (Å²) in [7, 11) is 0. The van der Waals surface area contributed by atoms with Crippen molar-refractivity contribution in [2.24, 2.45) is 23.7 Å². The van der Waals surface area contributed by atoms with Gasteiger partial charge in [0.1, 0.15) is 0 Å². The lowest BCUT2D eigenvalue weighted by Gasteiger charge is -2.26. The fraction of sp³-hybridized carbons (Fsp3) is 1.00. The lowest BCUT2D eigenvalue weighted by atomic mass is 9.81. The minimum Gasteiger partial charge on any atom is -0.393 e. The number of fused-ring (bicyclic) bond motifs is 5. The van der Waals surface area contributed by atoms with Crippen LogP contribution in [0.25, 0.3) is 0 Å². The quantitative estimate of drug-likeness (QED) is 0.561. The van der Waals surface area contributed by atoms with Crippen LogP contribution < -0.4 is 0 Å². The lowest BCUT2D eigenvalue weighted by Crippen LogP contribution is -2.24. The van der Waals surface area contributed by atoms with Crippen molar-refractivity contribution in [1.29, 1.82) is 0 Å². The summed E-state index contributed by atoms with van der Waals surface area (Å²) in [5.41, 5.74) is 0. The topological polar surface area (TPSA) is 20.2 Å². The summed E-state index contributed by atoms with van der Waals surface area (Å²) >= 11 is 0. The van der Waals surface area contributed by atoms with Crippen LogP contribution in [-0.2, 0) is 0 Å². The second kappa shape index (κ2) is 2.01. The van der Waals surface area contributed by atoms with E-state index in [-0.39, 0.29) is 6.10 Å². The Labute approximate surface area is 67.8 Å². The van der Waals surface area contributed by atoms with Crippen molar-refractivity contribution in [3.8, 4) is 0 Å². The number of aliphatic hydroxyl groups is 1. The Balaban J connectivity index is 1.91. The molecule has 0 spiro atoms. The van der Waals surface area contributed by atoms with Crippen LogP contribution in [0, 0.1) is 23.7 Å². The summed E-state index contributed by atoms with van der Waals surface area (Å²) in [4.78, 5) is 0. The predicted molar refractivity (Wildman–Crippen MR) is 43.1 cm³/mol. The Morgan fingerprint density at radius 1 is 0.909 bits per heavy atom. The van der Waals surface area contributed by atoms with Crippen molar-refractivity contribution in [3.05, 3.63) is 0 Å². The van der Waals surface area contributed by atoms with E-state index in [4.69, 9.17) is 0 Å². The van der Waals surface area contributed by atoms with Gasteiger partial charge in [-0.2, -0.15) is 0 Å². The smallest absolute Gasteiger partial charge is 0.0573 e. The average Bonchev–Trinajstić information content (AvgIpc) is 2.60. The molecule has 3 aliphatic rings. The summed E-state index contributed by atoms with van der Waals surface area (Å²) in [6.45, 7) is 0. The van der Waals surface area contributed by atoms with Crippen LogP contribution >= 0.6 is 0 Å². The third-order valence-corrected chi connectivity index (χ3v) is 4.40. The minimum atomic E-state index is 0.0790. The number of aliphatic hydroxyl groups excluding tert-OH is 1. The number of hydrogen-bond acceptors (Lipinski definition) is 1. The van der Waals surface area contributed by atoms with Gasteiger partial charge in [-0.05, 0) is 55.8 Å². The first-order chi connectivity index (χ1) is 5.36. The van der Waals surface area contributed by atoms with Crippen LogP contribution in [0.15, 0.2) is 0 Å². The van der Waals surface area contributed by atoms with Crippen molar-refractivity contribution in [2.75, 3.05) is 0 Å². The van der Waals surface area contributed by atoms with Gasteiger partial charge in [0.05, 0.1) is 6.10 Å². The van der Waals surface area contributed by atoms with Crippen LogP contribution in [0.2, 0.25) is 0 Å². The largest absolute Gasteiger partial charge is 0.393 e. The molecular formula is C10H16O. The van der Waals surface area contributed by atoms with Crippen molar-refractivity contribution < 1.29 is 5.11 Å². The van der Waals surface area contributed by atoms with Gasteiger partial charge in [0.2, 0.25) is 0 Å². The van der Waals surface area contributed by atoms with Crippen LogP contribution in [0.1, 0.15) is 32.1 Å². The van der Waals surface area contributed by atoms with E-state index in [1.165, 1.54) is 25.7 Å². The second-order valence-corrected chi connectivity index (χ2v) is 4.72. The fourth-order valence-corrected chi connectivity index (χ4v) is 4.04. The average molecular weight is 152 g/mol. The summed E-state index contributed by atoms with van der Waals surface area (Å²) < 4.78 is 0. The molecule has 3 aliphatic carbocycles. The lowest BCUT2D eigenvalue weighted by molar-refractivity contribution is 0.0863. The Morgan fingerprint density at radius 3 is 2.55 bits per heavy atom. The Bertz CT molecular complexity index is 178. The molecule has 5 atom stereocenters. The van der Waals surface area contributed by atoms with Gasteiger partial charge in [0, 0.05) is 0 Å². The van der Waals surface area contributed by atoms with E-state index < -0.39 is 0 Å². The van der Waals surface area contributed by atoms with E-state index in [1.807, 2.05) is 0 Å². The molecular weight excluding hydrogens is 136 g/mol. The van der Waals surface area contributed by atoms with E-state index in [0.717, 1.165) is 30.1 Å². The Kier molecular flexibility index (Phi) is 1.18. The monoisotopic (exact) mass is 152 g/mol. The van der Waals surface area contributed by atoms with Gasteiger partial charge in [0.25, 0.3) is 0 Å². The van der Waals surface area contributed by atoms with Crippen LogP contribution in [0.3, 0.4) is 0 Å². The molecule has 0 saturated heterocycles. The van der Waals surface area contributed by atoms with Gasteiger partial charge in [0.15, 0.2) is 0 Å². The molecule has 11 heavy (non-hydrogen) atoms. The molecule has 3 rings (SSSR count). The van der Waals surface area contributed by atoms with Gasteiger partial charge >= 0.3 is 0 Å². The zero-order valence-electron chi connectivity index (χ0n) is 6.87. The third-order valence-electron chi connectivity index (χ3n) is 4.40. The molecule has 3 saturated carbocycles. The Hall–Kier alpha value is -0.0400. The maximum atomic E-state index is 9.72. The molecule has 1 heteroatoms. The van der Waals surface area contributed by atoms with E-state index in [9.17, 15) is 5.11 Å². The van der Waals surface area contributed by atoms with Gasteiger partial charge in [-0.1, -0.05) is 0 Å². The maximum absolute atomic E-state index is 9.72. The fourth-order valence-electron chi connectivity index (χ4n) is 4.04. The van der Waals surface area contributed by atoms with Crippen molar-refractivity contribution in [3.63, 3.8) is 0 Å². The first kappa shape index (κ1) is 6.47. The van der Waals surface area contributed by atoms with Gasteiger partial charge in [-0.15, -0.1) is 0 Å². The van der Waals surface area contributed by atoms with Gasteiger partial charge in [-0.25, -0.2) is 0 Å². The van der Waals surface area contributed by atoms with Crippen LogP contribution in [0.4, 0.5) is 0 Å². The zero-order chi connectivity index (χ0) is 7.42. The molecule has 0 aromatic heterocycles. The SMILES string of the molecule is O[C@@H]1CCC2C1[C@@H]1CC[C@H]2C1. The first-order valence-electron chi connectivity index (χ1n) is 5.04. The molecule has 0 amide bonds. The molecule has 1 N–H and O–H groups in total. The highest BCUT2D eigenvalue weighted by Crippen LogP contribution is 2.58. The molecule has 62 valence electrons. The summed E-state index contributed by atoms with van der Waals surface area (Å²) in [5.74, 6) is 3.60. The number of hydrogen-bond donors (Lipinski definition) is 1. The van der Waals surface area contributed by atoms with Crippen LogP contribution in [0.5, 0.6) is 0 Å². The summed E-state index contributed by atoms with van der Waals surface area (Å²) in [6, 6.07) is 0. The third kappa shape index (κ3) is 0.703.